The molecule has 0 spiro atoms. The summed E-state index contributed by atoms with van der Waals surface area (Å²) in [6, 6.07) is 6.22. The Morgan fingerprint density at radius 2 is 1.79 bits per heavy atom. The van der Waals surface area contributed by atoms with Gasteiger partial charge in [0.05, 0.1) is 18.6 Å². The highest BCUT2D eigenvalue weighted by atomic mass is 32.2. The standard InChI is InChI=1S/C19H27N3O5S/c1-13-11-17(13)19(24)20-12-18(23)21-14-7-9-22(10-8-14)28(25,26)16-5-3-15(27-2)4-6-16/h3-6,13-14,17H,7-12H2,1-2H3,(H,20,24)(H,21,23)/t13-,17+/m0/s1. The topological polar surface area (TPSA) is 105 Å². The summed E-state index contributed by atoms with van der Waals surface area (Å²) in [5, 5.41) is 5.54. The van der Waals surface area contributed by atoms with Crippen LogP contribution in [-0.2, 0) is 19.6 Å². The summed E-state index contributed by atoms with van der Waals surface area (Å²) < 4.78 is 32.0. The summed E-state index contributed by atoms with van der Waals surface area (Å²) in [5.41, 5.74) is 0. The molecule has 1 aromatic rings. The molecule has 28 heavy (non-hydrogen) atoms. The van der Waals surface area contributed by atoms with Crippen LogP contribution < -0.4 is 15.4 Å². The number of rotatable bonds is 7. The molecule has 2 fully saturated rings. The fraction of sp³-hybridized carbons (Fsp3) is 0.579. The number of hydrogen-bond acceptors (Lipinski definition) is 5. The zero-order valence-electron chi connectivity index (χ0n) is 16.2. The van der Waals surface area contributed by atoms with Crippen LogP contribution in [0.4, 0.5) is 0 Å². The molecule has 9 heteroatoms. The van der Waals surface area contributed by atoms with Crippen LogP contribution in [0.3, 0.4) is 0 Å². The highest BCUT2D eigenvalue weighted by Crippen LogP contribution is 2.37. The van der Waals surface area contributed by atoms with Gasteiger partial charge in [-0.1, -0.05) is 6.92 Å². The first-order valence-corrected chi connectivity index (χ1v) is 11.0. The largest absolute Gasteiger partial charge is 0.497 e. The Hall–Kier alpha value is -2.13. The average molecular weight is 410 g/mol. The molecular weight excluding hydrogens is 382 g/mol. The number of piperidine rings is 1. The summed E-state index contributed by atoms with van der Waals surface area (Å²) in [7, 11) is -2.03. The van der Waals surface area contributed by atoms with Crippen LogP contribution in [0.25, 0.3) is 0 Å². The minimum atomic E-state index is -3.56. The van der Waals surface area contributed by atoms with Gasteiger partial charge in [-0.15, -0.1) is 0 Å². The number of sulfonamides is 1. The van der Waals surface area contributed by atoms with Gasteiger partial charge in [-0.3, -0.25) is 9.59 Å². The lowest BCUT2D eigenvalue weighted by atomic mass is 10.1. The number of benzene rings is 1. The van der Waals surface area contributed by atoms with E-state index in [9.17, 15) is 18.0 Å². The molecule has 1 saturated carbocycles. The van der Waals surface area contributed by atoms with E-state index in [2.05, 4.69) is 10.6 Å². The van der Waals surface area contributed by atoms with Crippen molar-refractivity contribution >= 4 is 21.8 Å². The number of carbonyl (C=O) groups excluding carboxylic acids is 2. The Morgan fingerprint density at radius 3 is 2.32 bits per heavy atom. The minimum Gasteiger partial charge on any atom is -0.497 e. The summed E-state index contributed by atoms with van der Waals surface area (Å²) in [6.45, 7) is 2.65. The number of methoxy groups -OCH3 is 1. The van der Waals surface area contributed by atoms with Crippen molar-refractivity contribution in [3.05, 3.63) is 24.3 Å². The molecule has 0 bridgehead atoms. The first-order chi connectivity index (χ1) is 13.3. The van der Waals surface area contributed by atoms with Gasteiger partial charge in [-0.25, -0.2) is 8.42 Å². The third-order valence-electron chi connectivity index (χ3n) is 5.39. The molecule has 2 atom stereocenters. The van der Waals surface area contributed by atoms with Crippen LogP contribution in [0.2, 0.25) is 0 Å². The first kappa shape index (κ1) is 20.6. The lowest BCUT2D eigenvalue weighted by Gasteiger charge is -2.31. The molecule has 2 aliphatic rings. The van der Waals surface area contributed by atoms with Crippen LogP contribution in [0, 0.1) is 11.8 Å². The van der Waals surface area contributed by atoms with E-state index in [1.54, 1.807) is 12.1 Å². The third kappa shape index (κ3) is 4.82. The van der Waals surface area contributed by atoms with Crippen molar-refractivity contribution in [3.8, 4) is 5.75 Å². The van der Waals surface area contributed by atoms with Crippen molar-refractivity contribution in [1.82, 2.24) is 14.9 Å². The Labute approximate surface area is 165 Å². The van der Waals surface area contributed by atoms with Gasteiger partial charge in [-0.05, 0) is 49.4 Å². The van der Waals surface area contributed by atoms with Crippen molar-refractivity contribution < 1.29 is 22.7 Å². The van der Waals surface area contributed by atoms with Gasteiger partial charge in [0.15, 0.2) is 0 Å². The molecule has 2 amide bonds. The van der Waals surface area contributed by atoms with E-state index in [4.69, 9.17) is 4.74 Å². The molecule has 0 aromatic heterocycles. The zero-order valence-corrected chi connectivity index (χ0v) is 17.0. The third-order valence-corrected chi connectivity index (χ3v) is 7.30. The SMILES string of the molecule is COc1ccc(S(=O)(=O)N2CCC(NC(=O)CNC(=O)[C@@H]3C[C@@H]3C)CC2)cc1. The van der Waals surface area contributed by atoms with E-state index >= 15 is 0 Å². The molecule has 154 valence electrons. The monoisotopic (exact) mass is 409 g/mol. The summed E-state index contributed by atoms with van der Waals surface area (Å²) >= 11 is 0. The van der Waals surface area contributed by atoms with Crippen molar-refractivity contribution in [1.29, 1.82) is 0 Å². The predicted octanol–water partition coefficient (Wildman–Crippen LogP) is 0.737. The molecule has 2 N–H and O–H groups in total. The zero-order chi connectivity index (χ0) is 20.3. The van der Waals surface area contributed by atoms with E-state index < -0.39 is 10.0 Å². The van der Waals surface area contributed by atoms with E-state index in [1.807, 2.05) is 6.92 Å². The van der Waals surface area contributed by atoms with Crippen molar-refractivity contribution in [2.24, 2.45) is 11.8 Å². The van der Waals surface area contributed by atoms with E-state index in [0.29, 0.717) is 37.6 Å². The molecule has 0 unspecified atom stereocenters. The van der Waals surface area contributed by atoms with Crippen LogP contribution >= 0.6 is 0 Å². The number of nitrogens with one attached hydrogen (secondary N) is 2. The molecule has 1 saturated heterocycles. The maximum Gasteiger partial charge on any atom is 0.243 e. The maximum atomic E-state index is 12.7. The molecule has 1 aliphatic heterocycles. The second kappa shape index (κ2) is 8.48. The second-order valence-electron chi connectivity index (χ2n) is 7.46. The molecule has 1 heterocycles. The van der Waals surface area contributed by atoms with Crippen LogP contribution in [0.1, 0.15) is 26.2 Å². The number of amides is 2. The Kier molecular flexibility index (Phi) is 6.24. The van der Waals surface area contributed by atoms with Gasteiger partial charge in [0.1, 0.15) is 5.75 Å². The smallest absolute Gasteiger partial charge is 0.243 e. The molecule has 3 rings (SSSR count). The van der Waals surface area contributed by atoms with Crippen molar-refractivity contribution in [2.45, 2.75) is 37.1 Å². The lowest BCUT2D eigenvalue weighted by Crippen LogP contribution is -2.48. The Balaban J connectivity index is 1.45. The van der Waals surface area contributed by atoms with E-state index in [-0.39, 0.29) is 35.2 Å². The number of carbonyl (C=O) groups is 2. The molecule has 1 aliphatic carbocycles. The van der Waals surface area contributed by atoms with Gasteiger partial charge < -0.3 is 15.4 Å². The Morgan fingerprint density at radius 1 is 1.18 bits per heavy atom. The molecular formula is C19H27N3O5S. The van der Waals surface area contributed by atoms with Crippen molar-refractivity contribution in [3.63, 3.8) is 0 Å². The van der Waals surface area contributed by atoms with Crippen molar-refractivity contribution in [2.75, 3.05) is 26.7 Å². The van der Waals surface area contributed by atoms with Gasteiger partial charge in [0.2, 0.25) is 21.8 Å². The minimum absolute atomic E-state index is 0.0353. The fourth-order valence-corrected chi connectivity index (χ4v) is 4.87. The van der Waals surface area contributed by atoms with Gasteiger partial charge in [-0.2, -0.15) is 4.31 Å². The van der Waals surface area contributed by atoms with Gasteiger partial charge in [0.25, 0.3) is 0 Å². The fourth-order valence-electron chi connectivity index (χ4n) is 3.40. The summed E-state index contributed by atoms with van der Waals surface area (Å²) in [5.74, 6) is 0.740. The number of nitrogens with zero attached hydrogens (tertiary/aromatic N) is 1. The predicted molar refractivity (Wildman–Crippen MR) is 103 cm³/mol. The van der Waals surface area contributed by atoms with Gasteiger partial charge in [0, 0.05) is 25.0 Å². The average Bonchev–Trinajstić information content (AvgIpc) is 3.43. The highest BCUT2D eigenvalue weighted by molar-refractivity contribution is 7.89. The number of hydrogen-bond donors (Lipinski definition) is 2. The summed E-state index contributed by atoms with van der Waals surface area (Å²) in [4.78, 5) is 24.0. The lowest BCUT2D eigenvalue weighted by molar-refractivity contribution is -0.127. The summed E-state index contributed by atoms with van der Waals surface area (Å²) in [6.07, 6.45) is 1.96. The maximum absolute atomic E-state index is 12.7. The van der Waals surface area contributed by atoms with Crippen LogP contribution in [0.5, 0.6) is 5.75 Å². The van der Waals surface area contributed by atoms with Gasteiger partial charge >= 0.3 is 0 Å². The quantitative estimate of drug-likeness (QED) is 0.691. The molecule has 1 aromatic carbocycles. The Bertz CT molecular complexity index is 816. The molecule has 8 nitrogen and oxygen atoms in total. The van der Waals surface area contributed by atoms with E-state index in [0.717, 1.165) is 6.42 Å². The first-order valence-electron chi connectivity index (χ1n) is 9.52. The van der Waals surface area contributed by atoms with E-state index in [1.165, 1.54) is 23.5 Å². The molecule has 0 radical (unpaired) electrons. The second-order valence-corrected chi connectivity index (χ2v) is 9.40. The van der Waals surface area contributed by atoms with Crippen LogP contribution in [-0.4, -0.2) is 57.3 Å². The van der Waals surface area contributed by atoms with Crippen LogP contribution in [0.15, 0.2) is 29.2 Å². The number of ether oxygens (including phenoxy) is 1. The normalized spacial score (nSPS) is 23.1. The highest BCUT2D eigenvalue weighted by Gasteiger charge is 2.39.